The topological polar surface area (TPSA) is 46.2 Å². The van der Waals surface area contributed by atoms with Gasteiger partial charge in [0, 0.05) is 0 Å². The average Bonchev–Trinajstić information content (AvgIpc) is 1.98. The van der Waals surface area contributed by atoms with E-state index in [1.807, 2.05) is 0 Å². The molecular formula is C8H8F3NO. The molecule has 0 aliphatic heterocycles. The van der Waals surface area contributed by atoms with Gasteiger partial charge in [-0.1, -0.05) is 6.07 Å². The number of anilines is 1. The number of phenolic OH excluding ortho intramolecular Hbond substituents is 1. The van der Waals surface area contributed by atoms with E-state index in [-0.39, 0.29) is 0 Å². The maximum atomic E-state index is 12.2. The zero-order valence-electron chi connectivity index (χ0n) is 6.81. The molecule has 0 saturated carbocycles. The van der Waals surface area contributed by atoms with Crippen LogP contribution in [-0.4, -0.2) is 5.11 Å². The summed E-state index contributed by atoms with van der Waals surface area (Å²) in [4.78, 5) is 0. The third-order valence-electron chi connectivity index (χ3n) is 1.72. The van der Waals surface area contributed by atoms with Crippen LogP contribution in [0, 0.1) is 6.92 Å². The molecule has 1 aromatic carbocycles. The lowest BCUT2D eigenvalue weighted by atomic mass is 10.1. The van der Waals surface area contributed by atoms with Crippen molar-refractivity contribution in [1.82, 2.24) is 0 Å². The van der Waals surface area contributed by atoms with Gasteiger partial charge >= 0.3 is 6.18 Å². The Kier molecular flexibility index (Phi) is 2.11. The molecule has 1 aromatic rings. The van der Waals surface area contributed by atoms with E-state index in [9.17, 15) is 13.2 Å². The Morgan fingerprint density at radius 2 is 1.85 bits per heavy atom. The third-order valence-corrected chi connectivity index (χ3v) is 1.72. The van der Waals surface area contributed by atoms with Gasteiger partial charge in [-0.3, -0.25) is 0 Å². The lowest BCUT2D eigenvalue weighted by Gasteiger charge is -2.11. The van der Waals surface area contributed by atoms with Gasteiger partial charge in [0.15, 0.2) is 0 Å². The quantitative estimate of drug-likeness (QED) is 0.488. The zero-order chi connectivity index (χ0) is 10.2. The number of aromatic hydroxyl groups is 1. The van der Waals surface area contributed by atoms with Crippen LogP contribution in [0.25, 0.3) is 0 Å². The van der Waals surface area contributed by atoms with Crippen LogP contribution in [0.5, 0.6) is 5.75 Å². The number of aryl methyl sites for hydroxylation is 1. The van der Waals surface area contributed by atoms with Crippen molar-refractivity contribution < 1.29 is 18.3 Å². The first kappa shape index (κ1) is 9.70. The number of hydrogen-bond acceptors (Lipinski definition) is 2. The Bertz CT molecular complexity index is 333. The van der Waals surface area contributed by atoms with Gasteiger partial charge < -0.3 is 10.8 Å². The van der Waals surface area contributed by atoms with Crippen LogP contribution in [-0.2, 0) is 6.18 Å². The first-order valence-electron chi connectivity index (χ1n) is 3.49. The Hall–Kier alpha value is -1.39. The SMILES string of the molecule is Cc1ccc(C(F)(F)F)c(N)c1O. The van der Waals surface area contributed by atoms with Gasteiger partial charge in [-0.15, -0.1) is 0 Å². The highest BCUT2D eigenvalue weighted by atomic mass is 19.4. The molecule has 0 spiro atoms. The number of hydrogen-bond donors (Lipinski definition) is 2. The molecule has 0 aromatic heterocycles. The van der Waals surface area contributed by atoms with Crippen molar-refractivity contribution in [3.8, 4) is 5.75 Å². The molecule has 3 N–H and O–H groups in total. The van der Waals surface area contributed by atoms with Gasteiger partial charge in [-0.05, 0) is 18.6 Å². The second kappa shape index (κ2) is 2.83. The minimum absolute atomic E-state index is 0.325. The van der Waals surface area contributed by atoms with Gasteiger partial charge in [0.05, 0.1) is 11.3 Å². The highest BCUT2D eigenvalue weighted by molar-refractivity contribution is 5.61. The fraction of sp³-hybridized carbons (Fsp3) is 0.250. The summed E-state index contributed by atoms with van der Waals surface area (Å²) in [5.41, 5.74) is 3.80. The molecule has 5 heteroatoms. The van der Waals surface area contributed by atoms with E-state index in [2.05, 4.69) is 0 Å². The van der Waals surface area contributed by atoms with Crippen molar-refractivity contribution >= 4 is 5.69 Å². The molecule has 0 fully saturated rings. The summed E-state index contributed by atoms with van der Waals surface area (Å²) >= 11 is 0. The highest BCUT2D eigenvalue weighted by Gasteiger charge is 2.34. The molecule has 0 aliphatic carbocycles. The fourth-order valence-corrected chi connectivity index (χ4v) is 0.964. The van der Waals surface area contributed by atoms with Crippen LogP contribution in [0.4, 0.5) is 18.9 Å². The monoisotopic (exact) mass is 191 g/mol. The second-order valence-electron chi connectivity index (χ2n) is 2.69. The lowest BCUT2D eigenvalue weighted by molar-refractivity contribution is -0.137. The Morgan fingerprint density at radius 1 is 1.31 bits per heavy atom. The predicted octanol–water partition coefficient (Wildman–Crippen LogP) is 2.30. The highest BCUT2D eigenvalue weighted by Crippen LogP contribution is 2.38. The number of halogens is 3. The smallest absolute Gasteiger partial charge is 0.418 e. The summed E-state index contributed by atoms with van der Waals surface area (Å²) in [6.45, 7) is 1.48. The molecule has 72 valence electrons. The van der Waals surface area contributed by atoms with E-state index < -0.39 is 23.2 Å². The van der Waals surface area contributed by atoms with E-state index in [1.165, 1.54) is 13.0 Å². The summed E-state index contributed by atoms with van der Waals surface area (Å²) in [5.74, 6) is -0.505. The van der Waals surface area contributed by atoms with Crippen LogP contribution in [0.1, 0.15) is 11.1 Å². The summed E-state index contributed by atoms with van der Waals surface area (Å²) in [6, 6.07) is 2.03. The first-order chi connectivity index (χ1) is 5.84. The van der Waals surface area contributed by atoms with Crippen molar-refractivity contribution in [3.05, 3.63) is 23.3 Å². The van der Waals surface area contributed by atoms with Crippen LogP contribution in [0.2, 0.25) is 0 Å². The van der Waals surface area contributed by atoms with Gasteiger partial charge in [0.1, 0.15) is 5.75 Å². The van der Waals surface area contributed by atoms with Gasteiger partial charge in [0.25, 0.3) is 0 Å². The molecule has 13 heavy (non-hydrogen) atoms. The largest absolute Gasteiger partial charge is 0.505 e. The van der Waals surface area contributed by atoms with Crippen LogP contribution >= 0.6 is 0 Å². The number of nitrogen functional groups attached to an aromatic ring is 1. The van der Waals surface area contributed by atoms with E-state index in [4.69, 9.17) is 10.8 Å². The Morgan fingerprint density at radius 3 is 2.31 bits per heavy atom. The number of nitrogens with two attached hydrogens (primary N) is 1. The molecule has 0 unspecified atom stereocenters. The molecule has 0 bridgehead atoms. The van der Waals surface area contributed by atoms with Crippen molar-refractivity contribution in [3.63, 3.8) is 0 Å². The first-order valence-corrected chi connectivity index (χ1v) is 3.49. The minimum Gasteiger partial charge on any atom is -0.505 e. The van der Waals surface area contributed by atoms with Gasteiger partial charge in [-0.2, -0.15) is 13.2 Å². The molecule has 0 aliphatic rings. The summed E-state index contributed by atoms with van der Waals surface area (Å²) in [7, 11) is 0. The predicted molar refractivity (Wildman–Crippen MR) is 42.3 cm³/mol. The van der Waals surface area contributed by atoms with E-state index in [1.54, 1.807) is 0 Å². The molecule has 0 radical (unpaired) electrons. The molecule has 0 amide bonds. The van der Waals surface area contributed by atoms with Crippen molar-refractivity contribution in [2.45, 2.75) is 13.1 Å². The average molecular weight is 191 g/mol. The fourth-order valence-electron chi connectivity index (χ4n) is 0.964. The van der Waals surface area contributed by atoms with Crippen LogP contribution in [0.15, 0.2) is 12.1 Å². The van der Waals surface area contributed by atoms with E-state index in [0.29, 0.717) is 5.56 Å². The maximum absolute atomic E-state index is 12.2. The van der Waals surface area contributed by atoms with Crippen molar-refractivity contribution in [2.75, 3.05) is 5.73 Å². The number of phenols is 1. The molecule has 0 saturated heterocycles. The molecule has 0 atom stereocenters. The normalized spacial score (nSPS) is 11.7. The zero-order valence-corrected chi connectivity index (χ0v) is 6.81. The molecule has 0 heterocycles. The maximum Gasteiger partial charge on any atom is 0.418 e. The Labute approximate surface area is 72.8 Å². The standard InChI is InChI=1S/C8H8F3NO/c1-4-2-3-5(8(9,10)11)6(12)7(4)13/h2-3,13H,12H2,1H3. The molecular weight excluding hydrogens is 183 g/mol. The van der Waals surface area contributed by atoms with Crippen molar-refractivity contribution in [1.29, 1.82) is 0 Å². The Balaban J connectivity index is 3.35. The number of alkyl halides is 3. The third kappa shape index (κ3) is 1.68. The van der Waals surface area contributed by atoms with Gasteiger partial charge in [0.2, 0.25) is 0 Å². The molecule has 2 nitrogen and oxygen atoms in total. The molecule has 1 rings (SSSR count). The minimum atomic E-state index is -4.52. The summed E-state index contributed by atoms with van der Waals surface area (Å²) < 4.78 is 36.5. The van der Waals surface area contributed by atoms with Gasteiger partial charge in [-0.25, -0.2) is 0 Å². The number of benzene rings is 1. The lowest BCUT2D eigenvalue weighted by Crippen LogP contribution is -2.09. The second-order valence-corrected chi connectivity index (χ2v) is 2.69. The summed E-state index contributed by atoms with van der Waals surface area (Å²) in [5, 5.41) is 9.13. The van der Waals surface area contributed by atoms with Crippen molar-refractivity contribution in [2.24, 2.45) is 0 Å². The van der Waals surface area contributed by atoms with Crippen LogP contribution < -0.4 is 5.73 Å². The number of rotatable bonds is 0. The summed E-state index contributed by atoms with van der Waals surface area (Å²) in [6.07, 6.45) is -4.52. The van der Waals surface area contributed by atoms with E-state index >= 15 is 0 Å². The van der Waals surface area contributed by atoms with Crippen LogP contribution in [0.3, 0.4) is 0 Å². The van der Waals surface area contributed by atoms with E-state index in [0.717, 1.165) is 6.07 Å².